The Morgan fingerprint density at radius 3 is 2.67 bits per heavy atom. The van der Waals surface area contributed by atoms with Crippen molar-refractivity contribution in [3.8, 4) is 0 Å². The zero-order valence-corrected chi connectivity index (χ0v) is 13.6. The van der Waals surface area contributed by atoms with Crippen LogP contribution >= 0.6 is 0 Å². The van der Waals surface area contributed by atoms with Crippen molar-refractivity contribution in [2.24, 2.45) is 0 Å². The summed E-state index contributed by atoms with van der Waals surface area (Å²) in [5.41, 5.74) is 2.66. The Bertz CT molecular complexity index is 1110. The van der Waals surface area contributed by atoms with Crippen molar-refractivity contribution in [3.05, 3.63) is 61.1 Å². The minimum absolute atomic E-state index is 0.258. The molecular weight excluding hydrogens is 298 g/mol. The fraction of sp³-hybridized carbons (Fsp3) is 0.150. The predicted molar refractivity (Wildman–Crippen MR) is 97.9 cm³/mol. The van der Waals surface area contributed by atoms with E-state index in [2.05, 4.69) is 77.6 Å². The van der Waals surface area contributed by atoms with E-state index in [1.807, 2.05) is 12.3 Å². The first kappa shape index (κ1) is 13.4. The second-order valence-electron chi connectivity index (χ2n) is 6.28. The molecule has 1 atom stereocenters. The lowest BCUT2D eigenvalue weighted by Gasteiger charge is -2.26. The molecule has 4 aromatic rings. The molecule has 118 valence electrons. The molecule has 3 heterocycles. The van der Waals surface area contributed by atoms with Gasteiger partial charge >= 0.3 is 0 Å². The van der Waals surface area contributed by atoms with Crippen molar-refractivity contribution in [3.63, 3.8) is 0 Å². The highest BCUT2D eigenvalue weighted by Gasteiger charge is 2.24. The van der Waals surface area contributed by atoms with Gasteiger partial charge in [0.25, 0.3) is 0 Å². The Morgan fingerprint density at radius 1 is 1.00 bits per heavy atom. The number of anilines is 1. The lowest BCUT2D eigenvalue weighted by molar-refractivity contribution is 0.383. The number of fused-ring (bicyclic) bond motifs is 5. The number of hydrogen-bond acceptors (Lipinski definition) is 4. The standard InChI is InChI=1S/C20H17N3O/c1-13-22(2)10-11-23(13)17-9-5-8-16-18-15-7-4-3-6-14(15)12-21-20(18)24-19(16)17/h3-13H,1-2H3/t13-/m0/s1. The van der Waals surface area contributed by atoms with E-state index in [4.69, 9.17) is 4.42 Å². The molecule has 4 nitrogen and oxygen atoms in total. The summed E-state index contributed by atoms with van der Waals surface area (Å²) in [6, 6.07) is 14.6. The third kappa shape index (κ3) is 1.71. The van der Waals surface area contributed by atoms with Crippen LogP contribution in [0.3, 0.4) is 0 Å². The monoisotopic (exact) mass is 315 g/mol. The molecule has 0 radical (unpaired) electrons. The van der Waals surface area contributed by atoms with Crippen LogP contribution < -0.4 is 4.90 Å². The summed E-state index contributed by atoms with van der Waals surface area (Å²) in [6.07, 6.45) is 6.32. The normalized spacial score (nSPS) is 17.7. The molecule has 0 bridgehead atoms. The number of para-hydroxylation sites is 1. The maximum absolute atomic E-state index is 6.18. The molecule has 0 amide bonds. The van der Waals surface area contributed by atoms with E-state index in [0.29, 0.717) is 5.71 Å². The number of nitrogens with zero attached hydrogens (tertiary/aromatic N) is 3. The molecule has 0 N–H and O–H groups in total. The smallest absolute Gasteiger partial charge is 0.228 e. The van der Waals surface area contributed by atoms with Gasteiger partial charge in [-0.1, -0.05) is 36.4 Å². The average molecular weight is 315 g/mol. The van der Waals surface area contributed by atoms with Gasteiger partial charge in [0.05, 0.1) is 11.1 Å². The highest BCUT2D eigenvalue weighted by atomic mass is 16.3. The Balaban J connectivity index is 1.86. The Morgan fingerprint density at radius 2 is 1.83 bits per heavy atom. The van der Waals surface area contributed by atoms with E-state index in [0.717, 1.165) is 27.4 Å². The summed E-state index contributed by atoms with van der Waals surface area (Å²) in [6.45, 7) is 2.18. The summed E-state index contributed by atoms with van der Waals surface area (Å²) in [5, 5.41) is 4.52. The molecule has 24 heavy (non-hydrogen) atoms. The fourth-order valence-electron chi connectivity index (χ4n) is 3.52. The van der Waals surface area contributed by atoms with Crippen molar-refractivity contribution in [2.45, 2.75) is 13.1 Å². The van der Waals surface area contributed by atoms with Crippen LogP contribution in [0, 0.1) is 0 Å². The molecule has 0 saturated carbocycles. The topological polar surface area (TPSA) is 32.5 Å². The third-order valence-electron chi connectivity index (χ3n) is 4.96. The molecule has 0 unspecified atom stereocenters. The van der Waals surface area contributed by atoms with Crippen LogP contribution in [0.2, 0.25) is 0 Å². The van der Waals surface area contributed by atoms with Crippen molar-refractivity contribution < 1.29 is 4.42 Å². The lowest BCUT2D eigenvalue weighted by atomic mass is 10.1. The highest BCUT2D eigenvalue weighted by molar-refractivity contribution is 6.19. The predicted octanol–water partition coefficient (Wildman–Crippen LogP) is 4.70. The second kappa shape index (κ2) is 4.74. The molecule has 0 saturated heterocycles. The van der Waals surface area contributed by atoms with E-state index >= 15 is 0 Å². The van der Waals surface area contributed by atoms with Crippen molar-refractivity contribution in [1.29, 1.82) is 0 Å². The number of aromatic nitrogens is 1. The first-order valence-electron chi connectivity index (χ1n) is 8.11. The van der Waals surface area contributed by atoms with Crippen LogP contribution in [0.4, 0.5) is 5.69 Å². The van der Waals surface area contributed by atoms with Gasteiger partial charge in [0.2, 0.25) is 5.71 Å². The SMILES string of the molecule is C[C@H]1N(C)C=CN1c1cccc2c1oc1ncc3ccccc3c12. The fourth-order valence-corrected chi connectivity index (χ4v) is 3.52. The summed E-state index contributed by atoms with van der Waals surface area (Å²) >= 11 is 0. The number of hydrogen-bond donors (Lipinski definition) is 0. The molecular formula is C20H17N3O. The summed E-state index contributed by atoms with van der Waals surface area (Å²) in [7, 11) is 2.08. The Kier molecular flexibility index (Phi) is 2.65. The number of benzene rings is 2. The number of furan rings is 1. The summed E-state index contributed by atoms with van der Waals surface area (Å²) < 4.78 is 6.18. The molecule has 0 aliphatic carbocycles. The lowest BCUT2D eigenvalue weighted by Crippen LogP contribution is -2.33. The maximum Gasteiger partial charge on any atom is 0.228 e. The van der Waals surface area contributed by atoms with Gasteiger partial charge in [-0.25, -0.2) is 4.98 Å². The van der Waals surface area contributed by atoms with E-state index in [1.165, 1.54) is 5.39 Å². The summed E-state index contributed by atoms with van der Waals surface area (Å²) in [5.74, 6) is 0. The van der Waals surface area contributed by atoms with Gasteiger partial charge in [0.1, 0.15) is 6.17 Å². The zero-order chi connectivity index (χ0) is 16.3. The van der Waals surface area contributed by atoms with Crippen LogP contribution in [0.5, 0.6) is 0 Å². The van der Waals surface area contributed by atoms with Crippen molar-refractivity contribution in [1.82, 2.24) is 9.88 Å². The molecule has 0 fully saturated rings. The van der Waals surface area contributed by atoms with Crippen molar-refractivity contribution >= 4 is 38.5 Å². The van der Waals surface area contributed by atoms with Crippen LogP contribution in [0.25, 0.3) is 32.8 Å². The van der Waals surface area contributed by atoms with Gasteiger partial charge < -0.3 is 14.2 Å². The van der Waals surface area contributed by atoms with Gasteiger partial charge in [-0.15, -0.1) is 0 Å². The van der Waals surface area contributed by atoms with E-state index in [1.54, 1.807) is 0 Å². The van der Waals surface area contributed by atoms with E-state index in [-0.39, 0.29) is 6.17 Å². The molecule has 2 aromatic carbocycles. The molecule has 0 spiro atoms. The van der Waals surface area contributed by atoms with Crippen LogP contribution in [0.15, 0.2) is 65.5 Å². The van der Waals surface area contributed by atoms with Crippen molar-refractivity contribution in [2.75, 3.05) is 11.9 Å². The van der Waals surface area contributed by atoms with Gasteiger partial charge in [-0.3, -0.25) is 0 Å². The second-order valence-corrected chi connectivity index (χ2v) is 6.28. The minimum atomic E-state index is 0.258. The zero-order valence-electron chi connectivity index (χ0n) is 13.6. The Labute approximate surface area is 139 Å². The van der Waals surface area contributed by atoms with Crippen LogP contribution in [-0.2, 0) is 0 Å². The van der Waals surface area contributed by atoms with Crippen LogP contribution in [0.1, 0.15) is 6.92 Å². The van der Waals surface area contributed by atoms with Gasteiger partial charge in [0, 0.05) is 36.4 Å². The third-order valence-corrected chi connectivity index (χ3v) is 4.96. The molecule has 4 heteroatoms. The summed E-state index contributed by atoms with van der Waals surface area (Å²) in [4.78, 5) is 8.94. The first-order valence-corrected chi connectivity index (χ1v) is 8.11. The van der Waals surface area contributed by atoms with Crippen LogP contribution in [-0.4, -0.2) is 23.1 Å². The Hall–Kier alpha value is -3.01. The van der Waals surface area contributed by atoms with Gasteiger partial charge in [-0.2, -0.15) is 0 Å². The largest absolute Gasteiger partial charge is 0.435 e. The highest BCUT2D eigenvalue weighted by Crippen LogP contribution is 2.39. The molecule has 2 aromatic heterocycles. The minimum Gasteiger partial charge on any atom is -0.435 e. The quantitative estimate of drug-likeness (QED) is 0.509. The van der Waals surface area contributed by atoms with E-state index < -0.39 is 0 Å². The maximum atomic E-state index is 6.18. The molecule has 1 aliphatic rings. The number of rotatable bonds is 1. The molecule has 5 rings (SSSR count). The van der Waals surface area contributed by atoms with E-state index in [9.17, 15) is 0 Å². The van der Waals surface area contributed by atoms with Gasteiger partial charge in [-0.05, 0) is 18.4 Å². The number of pyridine rings is 1. The van der Waals surface area contributed by atoms with Gasteiger partial charge in [0.15, 0.2) is 5.58 Å². The first-order chi connectivity index (χ1) is 11.7. The molecule has 1 aliphatic heterocycles. The average Bonchev–Trinajstić information content (AvgIpc) is 3.16.